The molecule has 8 heteroatoms. The first-order valence-electron chi connectivity index (χ1n) is 11.9. The topological polar surface area (TPSA) is 90.5 Å². The van der Waals surface area contributed by atoms with Crippen LogP contribution >= 0.6 is 12.6 Å². The number of carbonyl (C=O) groups is 2. The zero-order chi connectivity index (χ0) is 23.7. The van der Waals surface area contributed by atoms with E-state index in [2.05, 4.69) is 40.2 Å². The molecule has 1 aliphatic heterocycles. The quantitative estimate of drug-likeness (QED) is 0.429. The van der Waals surface area contributed by atoms with Crippen molar-refractivity contribution in [2.75, 3.05) is 6.54 Å². The number of hydrogen-bond donors (Lipinski definition) is 2. The van der Waals surface area contributed by atoms with Crippen LogP contribution in [-0.4, -0.2) is 32.9 Å². The lowest BCUT2D eigenvalue weighted by Crippen LogP contribution is -2.38. The van der Waals surface area contributed by atoms with Gasteiger partial charge in [-0.2, -0.15) is 5.90 Å². The fourth-order valence-corrected chi connectivity index (χ4v) is 5.81. The molecule has 1 aromatic carbocycles. The van der Waals surface area contributed by atoms with Crippen LogP contribution in [0.2, 0.25) is 0 Å². The molecule has 1 aliphatic carbocycles. The summed E-state index contributed by atoms with van der Waals surface area (Å²) in [4.78, 5) is 36.9. The summed E-state index contributed by atoms with van der Waals surface area (Å²) in [5.74, 6) is 5.06. The number of aromatic nitrogens is 2. The minimum atomic E-state index is -0.335. The number of nitrogens with two attached hydrogens (primary N) is 1. The molecule has 3 heterocycles. The van der Waals surface area contributed by atoms with E-state index < -0.39 is 0 Å². The van der Waals surface area contributed by atoms with Crippen molar-refractivity contribution in [1.29, 1.82) is 0 Å². The highest BCUT2D eigenvalue weighted by molar-refractivity contribution is 7.80. The van der Waals surface area contributed by atoms with Gasteiger partial charge in [-0.15, -0.1) is 12.6 Å². The molecule has 2 N–H and O–H groups in total. The Morgan fingerprint density at radius 3 is 2.74 bits per heavy atom. The van der Waals surface area contributed by atoms with Crippen molar-refractivity contribution in [2.45, 2.75) is 56.5 Å². The smallest absolute Gasteiger partial charge is 0.327 e. The van der Waals surface area contributed by atoms with E-state index in [0.717, 1.165) is 54.8 Å². The fourth-order valence-electron chi connectivity index (χ4n) is 5.56. The zero-order valence-corrected chi connectivity index (χ0v) is 20.0. The van der Waals surface area contributed by atoms with Crippen LogP contribution in [0, 0.1) is 11.8 Å². The number of thiol groups is 1. The third kappa shape index (κ3) is 4.57. The van der Waals surface area contributed by atoms with Crippen LogP contribution in [-0.2, 0) is 33.9 Å². The Labute approximate surface area is 204 Å². The summed E-state index contributed by atoms with van der Waals surface area (Å²) in [6.07, 6.45) is 6.38. The monoisotopic (exact) mass is 478 g/mol. The minimum Gasteiger partial charge on any atom is -0.373 e. The Kier molecular flexibility index (Phi) is 6.61. The highest BCUT2D eigenvalue weighted by atomic mass is 32.1. The molecule has 1 saturated carbocycles. The molecule has 7 nitrogen and oxygen atoms in total. The summed E-state index contributed by atoms with van der Waals surface area (Å²) >= 11 is 4.49. The first kappa shape index (κ1) is 22.9. The number of carbonyl (C=O) groups excluding carboxylic acids is 2. The Bertz CT molecular complexity index is 1220. The van der Waals surface area contributed by atoms with Crippen molar-refractivity contribution < 1.29 is 14.4 Å². The van der Waals surface area contributed by atoms with Crippen molar-refractivity contribution in [1.82, 2.24) is 14.5 Å². The predicted octanol–water partition coefficient (Wildman–Crippen LogP) is 3.87. The molecule has 0 spiro atoms. The highest BCUT2D eigenvalue weighted by Gasteiger charge is 2.31. The van der Waals surface area contributed by atoms with Gasteiger partial charge in [0.25, 0.3) is 0 Å². The third-order valence-electron chi connectivity index (χ3n) is 7.38. The van der Waals surface area contributed by atoms with E-state index in [-0.39, 0.29) is 17.8 Å². The second-order valence-corrected chi connectivity index (χ2v) is 10.00. The summed E-state index contributed by atoms with van der Waals surface area (Å²) in [5, 5.41) is 1.18. The van der Waals surface area contributed by atoms with E-state index in [1.165, 1.54) is 16.6 Å². The molecule has 0 atom stereocenters. The second-order valence-electron chi connectivity index (χ2n) is 9.48. The molecule has 2 aromatic heterocycles. The molecular weight excluding hydrogens is 448 g/mol. The van der Waals surface area contributed by atoms with Gasteiger partial charge in [-0.1, -0.05) is 12.1 Å². The summed E-state index contributed by atoms with van der Waals surface area (Å²) in [6, 6.07) is 12.3. The first-order valence-corrected chi connectivity index (χ1v) is 12.4. The van der Waals surface area contributed by atoms with Crippen molar-refractivity contribution in [3.8, 4) is 0 Å². The maximum atomic E-state index is 13.3. The van der Waals surface area contributed by atoms with E-state index in [1.807, 2.05) is 29.3 Å². The summed E-state index contributed by atoms with van der Waals surface area (Å²) in [7, 11) is 0. The summed E-state index contributed by atoms with van der Waals surface area (Å²) < 4.78 is 2.26. The normalized spacial score (nSPS) is 20.2. The van der Waals surface area contributed by atoms with Gasteiger partial charge in [-0.25, -0.2) is 4.98 Å². The molecule has 178 valence electrons. The van der Waals surface area contributed by atoms with Crippen LogP contribution in [0.15, 0.2) is 47.5 Å². The summed E-state index contributed by atoms with van der Waals surface area (Å²) in [5.41, 5.74) is 4.60. The average Bonchev–Trinajstić information content (AvgIpc) is 3.17. The molecule has 5 rings (SSSR count). The number of hydrogen-bond acceptors (Lipinski definition) is 6. The van der Waals surface area contributed by atoms with Crippen molar-refractivity contribution >= 4 is 35.5 Å². The first-order chi connectivity index (χ1) is 16.5. The van der Waals surface area contributed by atoms with Gasteiger partial charge in [-0.3, -0.25) is 9.59 Å². The van der Waals surface area contributed by atoms with Crippen LogP contribution in [0.5, 0.6) is 0 Å². The number of rotatable bonds is 5. The Morgan fingerprint density at radius 1 is 1.15 bits per heavy atom. The fraction of sp³-hybridized carbons (Fsp3) is 0.423. The molecule has 34 heavy (non-hydrogen) atoms. The van der Waals surface area contributed by atoms with Crippen LogP contribution in [0.25, 0.3) is 11.0 Å². The largest absolute Gasteiger partial charge is 0.373 e. The molecular formula is C26H30N4O3S. The number of nitrogens with zero attached hydrogens (tertiary/aromatic N) is 3. The highest BCUT2D eigenvalue weighted by Crippen LogP contribution is 2.34. The predicted molar refractivity (Wildman–Crippen MR) is 132 cm³/mol. The standard InChI is InChI=1S/C26H30N4O3S/c27-33-26(32)19-8-6-17(7-9-19)14-24(31)29-12-10-21-22-5-2-11-28-25(22)30(23(21)16-29)15-18-3-1-4-20(34)13-18/h1-5,11,13,17,19,34H,6-10,12,14-16,27H2/t17-,19+. The molecule has 0 bridgehead atoms. The molecule has 0 saturated heterocycles. The lowest BCUT2D eigenvalue weighted by atomic mass is 9.80. The average molecular weight is 479 g/mol. The number of fused-ring (bicyclic) bond motifs is 3. The number of benzene rings is 1. The Hall–Kier alpha value is -2.84. The third-order valence-corrected chi connectivity index (χ3v) is 7.66. The Balaban J connectivity index is 1.33. The van der Waals surface area contributed by atoms with Gasteiger partial charge >= 0.3 is 5.97 Å². The summed E-state index contributed by atoms with van der Waals surface area (Å²) in [6.45, 7) is 2.02. The maximum absolute atomic E-state index is 13.3. The molecule has 1 fully saturated rings. The zero-order valence-electron chi connectivity index (χ0n) is 19.2. The van der Waals surface area contributed by atoms with Crippen LogP contribution in [0.1, 0.15) is 48.9 Å². The Morgan fingerprint density at radius 2 is 1.97 bits per heavy atom. The number of pyridine rings is 1. The maximum Gasteiger partial charge on any atom is 0.327 e. The van der Waals surface area contributed by atoms with Crippen LogP contribution in [0.3, 0.4) is 0 Å². The van der Waals surface area contributed by atoms with Crippen molar-refractivity contribution in [3.05, 3.63) is 59.4 Å². The van der Waals surface area contributed by atoms with Gasteiger partial charge in [0.15, 0.2) is 0 Å². The van der Waals surface area contributed by atoms with E-state index in [1.54, 1.807) is 0 Å². The molecule has 0 radical (unpaired) electrons. The number of amides is 1. The molecule has 0 unspecified atom stereocenters. The van der Waals surface area contributed by atoms with Crippen LogP contribution in [0.4, 0.5) is 0 Å². The second kappa shape index (κ2) is 9.80. The van der Waals surface area contributed by atoms with E-state index in [9.17, 15) is 9.59 Å². The van der Waals surface area contributed by atoms with Gasteiger partial charge in [0.2, 0.25) is 5.91 Å². The van der Waals surface area contributed by atoms with Crippen molar-refractivity contribution in [3.63, 3.8) is 0 Å². The SMILES string of the molecule is NOC(=O)[C@H]1CC[C@@H](CC(=O)N2CCc3c(n(Cc4cccc(S)c4)c4ncccc34)C2)CC1. The lowest BCUT2D eigenvalue weighted by Gasteiger charge is -2.31. The van der Waals surface area contributed by atoms with Gasteiger partial charge in [0, 0.05) is 41.7 Å². The van der Waals surface area contributed by atoms with Gasteiger partial charge in [0.1, 0.15) is 5.65 Å². The van der Waals surface area contributed by atoms with Crippen molar-refractivity contribution in [2.24, 2.45) is 17.7 Å². The van der Waals surface area contributed by atoms with E-state index in [0.29, 0.717) is 25.4 Å². The van der Waals surface area contributed by atoms with Crippen LogP contribution < -0.4 is 5.90 Å². The van der Waals surface area contributed by atoms with Gasteiger partial charge < -0.3 is 14.3 Å². The molecule has 3 aromatic rings. The van der Waals surface area contributed by atoms with Gasteiger partial charge in [-0.05, 0) is 73.4 Å². The minimum absolute atomic E-state index is 0.132. The van der Waals surface area contributed by atoms with E-state index in [4.69, 9.17) is 10.9 Å². The lowest BCUT2D eigenvalue weighted by molar-refractivity contribution is -0.150. The molecule has 1 amide bonds. The van der Waals surface area contributed by atoms with Gasteiger partial charge in [0.05, 0.1) is 12.5 Å². The van der Waals surface area contributed by atoms with E-state index >= 15 is 0 Å². The molecule has 2 aliphatic rings.